The second-order valence-corrected chi connectivity index (χ2v) is 9.26. The Morgan fingerprint density at radius 1 is 0.968 bits per heavy atom. The van der Waals surface area contributed by atoms with Crippen LogP contribution in [0.1, 0.15) is 57.4 Å². The molecule has 1 aromatic carbocycles. The summed E-state index contributed by atoms with van der Waals surface area (Å²) in [6.07, 6.45) is 8.60. The molecule has 31 heavy (non-hydrogen) atoms. The molecule has 1 aliphatic heterocycles. The minimum absolute atomic E-state index is 0.248. The van der Waals surface area contributed by atoms with Crippen molar-refractivity contribution in [3.8, 4) is 11.3 Å². The summed E-state index contributed by atoms with van der Waals surface area (Å²) in [5, 5.41) is 8.95. The van der Waals surface area contributed by atoms with E-state index in [1.54, 1.807) is 0 Å². The largest absolute Gasteiger partial charge is 0.352 e. The SMILES string of the molecule is CCCCC1CCC(C(=O)N2CCN(c3ccc(-c4ccccc4C)nn3)CC2)CC1. The first kappa shape index (κ1) is 21.8. The van der Waals surface area contributed by atoms with Gasteiger partial charge in [0, 0.05) is 37.7 Å². The average Bonchev–Trinajstić information content (AvgIpc) is 2.83. The molecule has 0 spiro atoms. The van der Waals surface area contributed by atoms with Crippen molar-refractivity contribution in [2.75, 3.05) is 31.1 Å². The van der Waals surface area contributed by atoms with Crippen LogP contribution in [0.5, 0.6) is 0 Å². The molecular formula is C26H36N4O. The maximum atomic E-state index is 13.0. The van der Waals surface area contributed by atoms with Crippen molar-refractivity contribution in [2.45, 2.75) is 58.8 Å². The first-order valence-corrected chi connectivity index (χ1v) is 12.1. The third-order valence-corrected chi connectivity index (χ3v) is 7.15. The molecule has 5 nitrogen and oxygen atoms in total. The molecule has 2 aromatic rings. The lowest BCUT2D eigenvalue weighted by Gasteiger charge is -2.38. The van der Waals surface area contributed by atoms with Crippen LogP contribution >= 0.6 is 0 Å². The van der Waals surface area contributed by atoms with Gasteiger partial charge >= 0.3 is 0 Å². The van der Waals surface area contributed by atoms with Crippen LogP contribution in [0.15, 0.2) is 36.4 Å². The lowest BCUT2D eigenvalue weighted by molar-refractivity contribution is -0.137. The fourth-order valence-corrected chi connectivity index (χ4v) is 5.10. The van der Waals surface area contributed by atoms with Gasteiger partial charge in [0.15, 0.2) is 5.82 Å². The quantitative estimate of drug-likeness (QED) is 0.653. The number of aryl methyl sites for hydroxylation is 1. The predicted molar refractivity (Wildman–Crippen MR) is 126 cm³/mol. The van der Waals surface area contributed by atoms with Crippen LogP contribution < -0.4 is 4.90 Å². The minimum Gasteiger partial charge on any atom is -0.352 e. The zero-order valence-electron chi connectivity index (χ0n) is 19.1. The van der Waals surface area contributed by atoms with Crippen LogP contribution in [0.25, 0.3) is 11.3 Å². The normalized spacial score (nSPS) is 21.9. The first-order valence-electron chi connectivity index (χ1n) is 12.1. The molecule has 1 aromatic heterocycles. The number of piperazine rings is 1. The molecule has 4 rings (SSSR count). The fourth-order valence-electron chi connectivity index (χ4n) is 5.10. The molecule has 0 bridgehead atoms. The number of anilines is 1. The van der Waals surface area contributed by atoms with E-state index in [-0.39, 0.29) is 5.92 Å². The fraction of sp³-hybridized carbons (Fsp3) is 0.577. The van der Waals surface area contributed by atoms with E-state index >= 15 is 0 Å². The molecule has 1 saturated heterocycles. The van der Waals surface area contributed by atoms with E-state index in [0.29, 0.717) is 5.91 Å². The highest BCUT2D eigenvalue weighted by molar-refractivity contribution is 5.79. The molecular weight excluding hydrogens is 384 g/mol. The van der Waals surface area contributed by atoms with E-state index in [0.717, 1.165) is 62.0 Å². The van der Waals surface area contributed by atoms with Gasteiger partial charge in [0.25, 0.3) is 0 Å². The van der Waals surface area contributed by atoms with Crippen molar-refractivity contribution in [3.63, 3.8) is 0 Å². The summed E-state index contributed by atoms with van der Waals surface area (Å²) in [6, 6.07) is 12.4. The van der Waals surface area contributed by atoms with E-state index < -0.39 is 0 Å². The molecule has 2 fully saturated rings. The van der Waals surface area contributed by atoms with Gasteiger partial charge < -0.3 is 9.80 Å². The monoisotopic (exact) mass is 420 g/mol. The third kappa shape index (κ3) is 5.25. The zero-order valence-corrected chi connectivity index (χ0v) is 19.1. The van der Waals surface area contributed by atoms with Gasteiger partial charge in [0.2, 0.25) is 5.91 Å². The number of carbonyl (C=O) groups is 1. The smallest absolute Gasteiger partial charge is 0.225 e. The Morgan fingerprint density at radius 3 is 2.35 bits per heavy atom. The topological polar surface area (TPSA) is 49.3 Å². The van der Waals surface area contributed by atoms with E-state index in [1.165, 1.54) is 37.7 Å². The van der Waals surface area contributed by atoms with Crippen molar-refractivity contribution in [1.82, 2.24) is 15.1 Å². The summed E-state index contributed by atoms with van der Waals surface area (Å²) in [5.41, 5.74) is 3.24. The highest BCUT2D eigenvalue weighted by atomic mass is 16.2. The van der Waals surface area contributed by atoms with Crippen molar-refractivity contribution < 1.29 is 4.79 Å². The number of hydrogen-bond donors (Lipinski definition) is 0. The van der Waals surface area contributed by atoms with Gasteiger partial charge in [-0.15, -0.1) is 10.2 Å². The van der Waals surface area contributed by atoms with Crippen molar-refractivity contribution in [3.05, 3.63) is 42.0 Å². The molecule has 1 saturated carbocycles. The summed E-state index contributed by atoms with van der Waals surface area (Å²) in [5.74, 6) is 2.38. The molecule has 0 radical (unpaired) electrons. The van der Waals surface area contributed by atoms with Crippen LogP contribution in [0.2, 0.25) is 0 Å². The number of carbonyl (C=O) groups excluding carboxylic acids is 1. The highest BCUT2D eigenvalue weighted by Crippen LogP contribution is 2.33. The lowest BCUT2D eigenvalue weighted by atomic mass is 9.79. The van der Waals surface area contributed by atoms with Crippen LogP contribution in [0.3, 0.4) is 0 Å². The maximum absolute atomic E-state index is 13.0. The Labute approximate surface area is 186 Å². The van der Waals surface area contributed by atoms with Gasteiger partial charge in [-0.1, -0.05) is 50.5 Å². The standard InChI is InChI=1S/C26H36N4O/c1-3-4-8-21-10-12-22(13-11-21)26(31)30-18-16-29(17-19-30)25-15-14-24(27-28-25)23-9-6-5-7-20(23)2/h5-7,9,14-15,21-22H,3-4,8,10-13,16-19H2,1-2H3. The maximum Gasteiger partial charge on any atom is 0.225 e. The Kier molecular flexibility index (Phi) is 7.21. The first-order chi connectivity index (χ1) is 15.2. The number of hydrogen-bond acceptors (Lipinski definition) is 4. The van der Waals surface area contributed by atoms with Crippen LogP contribution in [-0.2, 0) is 4.79 Å². The zero-order chi connectivity index (χ0) is 21.6. The summed E-state index contributed by atoms with van der Waals surface area (Å²) in [6.45, 7) is 7.59. The Hall–Kier alpha value is -2.43. The number of unbranched alkanes of at least 4 members (excludes halogenated alkanes) is 1. The average molecular weight is 421 g/mol. The highest BCUT2D eigenvalue weighted by Gasteiger charge is 2.31. The van der Waals surface area contributed by atoms with Gasteiger partial charge in [-0.05, 0) is 56.2 Å². The number of nitrogens with zero attached hydrogens (tertiary/aromatic N) is 4. The summed E-state index contributed by atoms with van der Waals surface area (Å²) in [4.78, 5) is 17.4. The number of aromatic nitrogens is 2. The number of amides is 1. The molecule has 2 aliphatic rings. The Morgan fingerprint density at radius 2 is 1.71 bits per heavy atom. The van der Waals surface area contributed by atoms with Crippen LogP contribution in [-0.4, -0.2) is 47.2 Å². The molecule has 1 aliphatic carbocycles. The van der Waals surface area contributed by atoms with E-state index in [9.17, 15) is 4.79 Å². The summed E-state index contributed by atoms with van der Waals surface area (Å²) in [7, 11) is 0. The van der Waals surface area contributed by atoms with Crippen LogP contribution in [0.4, 0.5) is 5.82 Å². The van der Waals surface area contributed by atoms with Crippen molar-refractivity contribution in [2.24, 2.45) is 11.8 Å². The molecule has 0 unspecified atom stereocenters. The van der Waals surface area contributed by atoms with Gasteiger partial charge in [0.05, 0.1) is 5.69 Å². The number of benzene rings is 1. The lowest BCUT2D eigenvalue weighted by Crippen LogP contribution is -2.51. The molecule has 1 amide bonds. The van der Waals surface area contributed by atoms with E-state index in [2.05, 4.69) is 58.1 Å². The van der Waals surface area contributed by atoms with Gasteiger partial charge in [-0.3, -0.25) is 4.79 Å². The molecule has 166 valence electrons. The van der Waals surface area contributed by atoms with Crippen LogP contribution in [0, 0.1) is 18.8 Å². The van der Waals surface area contributed by atoms with Gasteiger partial charge in [0.1, 0.15) is 0 Å². The molecule has 5 heteroatoms. The summed E-state index contributed by atoms with van der Waals surface area (Å²) >= 11 is 0. The van der Waals surface area contributed by atoms with Crippen molar-refractivity contribution >= 4 is 11.7 Å². The van der Waals surface area contributed by atoms with Gasteiger partial charge in [-0.25, -0.2) is 0 Å². The predicted octanol–water partition coefficient (Wildman–Crippen LogP) is 5.10. The summed E-state index contributed by atoms with van der Waals surface area (Å²) < 4.78 is 0. The molecule has 0 N–H and O–H groups in total. The Balaban J connectivity index is 1.28. The second-order valence-electron chi connectivity index (χ2n) is 9.26. The minimum atomic E-state index is 0.248. The number of rotatable bonds is 6. The Bertz CT molecular complexity index is 850. The van der Waals surface area contributed by atoms with Gasteiger partial charge in [-0.2, -0.15) is 0 Å². The van der Waals surface area contributed by atoms with Crippen molar-refractivity contribution in [1.29, 1.82) is 0 Å². The molecule has 2 heterocycles. The third-order valence-electron chi connectivity index (χ3n) is 7.15. The second kappa shape index (κ2) is 10.3. The van der Waals surface area contributed by atoms with E-state index in [1.807, 2.05) is 12.1 Å². The van der Waals surface area contributed by atoms with E-state index in [4.69, 9.17) is 0 Å². The molecule has 0 atom stereocenters.